The molecule has 0 aliphatic carbocycles. The Kier molecular flexibility index (Phi) is 6.90. The van der Waals surface area contributed by atoms with E-state index in [-0.39, 0.29) is 22.6 Å². The van der Waals surface area contributed by atoms with Gasteiger partial charge in [0.1, 0.15) is 6.04 Å². The topological polar surface area (TPSA) is 76.1 Å². The Morgan fingerprint density at radius 3 is 2.68 bits per heavy atom. The van der Waals surface area contributed by atoms with Crippen LogP contribution in [0.2, 0.25) is 0 Å². The number of carbonyl (C=O) groups excluding carboxylic acids is 1. The van der Waals surface area contributed by atoms with Crippen molar-refractivity contribution >= 4 is 29.2 Å². The van der Waals surface area contributed by atoms with Gasteiger partial charge in [0, 0.05) is 33.9 Å². The number of likely N-dealkylation sites (tertiary alicyclic amines) is 1. The predicted octanol–water partition coefficient (Wildman–Crippen LogP) is 5.20. The number of hydrogen-bond acceptors (Lipinski definition) is 5. The number of rotatable bonds is 5. The van der Waals surface area contributed by atoms with Crippen molar-refractivity contribution in [2.45, 2.75) is 47.7 Å². The second kappa shape index (κ2) is 9.71. The maximum Gasteiger partial charge on any atom is 0.417 e. The summed E-state index contributed by atoms with van der Waals surface area (Å²) in [6, 6.07) is 7.68. The molecule has 0 aromatic heterocycles. The molecule has 0 bridgehead atoms. The van der Waals surface area contributed by atoms with Crippen LogP contribution in [0.1, 0.15) is 36.0 Å². The van der Waals surface area contributed by atoms with Crippen molar-refractivity contribution in [1.82, 2.24) is 4.90 Å². The van der Waals surface area contributed by atoms with Gasteiger partial charge in [-0.15, -0.1) is 0 Å². The van der Waals surface area contributed by atoms with Crippen molar-refractivity contribution < 1.29 is 37.6 Å². The van der Waals surface area contributed by atoms with Gasteiger partial charge in [0.15, 0.2) is 5.75 Å². The Bertz CT molecular complexity index is 1130. The van der Waals surface area contributed by atoms with E-state index < -0.39 is 29.7 Å². The Hall–Kier alpha value is -2.98. The molecule has 1 saturated heterocycles. The number of carboxylic acid groups (broad SMARTS) is 1. The molecular weight excluding hydrogens is 471 g/mol. The number of nitrogens with zero attached hydrogens (tertiary/aromatic N) is 1. The van der Waals surface area contributed by atoms with Crippen LogP contribution >= 0.6 is 11.8 Å². The molecule has 2 aromatic carbocycles. The summed E-state index contributed by atoms with van der Waals surface area (Å²) in [5.74, 6) is -1.27. The lowest BCUT2D eigenvalue weighted by atomic mass is 9.98. The van der Waals surface area contributed by atoms with E-state index in [1.54, 1.807) is 18.2 Å². The van der Waals surface area contributed by atoms with Gasteiger partial charge in [0.25, 0.3) is 5.91 Å². The summed E-state index contributed by atoms with van der Waals surface area (Å²) >= 11 is 0.956. The second-order valence-electron chi connectivity index (χ2n) is 8.06. The molecule has 180 valence electrons. The quantitative estimate of drug-likeness (QED) is 0.456. The summed E-state index contributed by atoms with van der Waals surface area (Å²) in [5, 5.41) is 9.42. The molecule has 1 N–H and O–H groups in total. The number of amides is 1. The highest BCUT2D eigenvalue weighted by atomic mass is 32.2. The zero-order valence-electron chi connectivity index (χ0n) is 18.1. The molecule has 0 radical (unpaired) electrons. The fourth-order valence-electron chi connectivity index (χ4n) is 4.04. The standard InChI is InChI=1S/C24H22F3NO5S/c1-14(22(29)28-10-3-2-4-19(28)23(30)31)15-5-8-21(18(13-15)24(25,26)27)34-17-6-7-20-16(12-17)9-11-32-33-20/h5-8,12-13,19H,1-4,9-11H2,(H,30,31). The van der Waals surface area contributed by atoms with Crippen LogP contribution in [0.4, 0.5) is 13.2 Å². The lowest BCUT2D eigenvalue weighted by molar-refractivity contribution is -0.215. The smallest absolute Gasteiger partial charge is 0.417 e. The molecule has 1 amide bonds. The van der Waals surface area contributed by atoms with Gasteiger partial charge < -0.3 is 14.9 Å². The number of carbonyl (C=O) groups is 2. The van der Waals surface area contributed by atoms with Crippen molar-refractivity contribution in [3.63, 3.8) is 0 Å². The monoisotopic (exact) mass is 493 g/mol. The first kappa shape index (κ1) is 24.2. The van der Waals surface area contributed by atoms with Crippen LogP contribution in [0.25, 0.3) is 5.57 Å². The fraction of sp³-hybridized carbons (Fsp3) is 0.333. The number of fused-ring (bicyclic) bond motifs is 1. The molecule has 1 unspecified atom stereocenters. The molecule has 0 saturated carbocycles. The van der Waals surface area contributed by atoms with Crippen molar-refractivity contribution in [1.29, 1.82) is 0 Å². The zero-order chi connectivity index (χ0) is 24.5. The van der Waals surface area contributed by atoms with Crippen LogP contribution in [0.5, 0.6) is 5.75 Å². The van der Waals surface area contributed by atoms with Gasteiger partial charge in [-0.25, -0.2) is 4.79 Å². The molecule has 2 heterocycles. The highest BCUT2D eigenvalue weighted by Gasteiger charge is 2.36. The SMILES string of the molecule is C=C(C(=O)N1CCCCC1C(=O)O)c1ccc(Sc2ccc3c(c2)CCOO3)c(C(F)(F)F)c1. The molecule has 2 aliphatic rings. The van der Waals surface area contributed by atoms with Crippen molar-refractivity contribution in [2.24, 2.45) is 0 Å². The normalized spacial score (nSPS) is 18.1. The average molecular weight is 494 g/mol. The maximum absolute atomic E-state index is 13.9. The third-order valence-electron chi connectivity index (χ3n) is 5.80. The largest absolute Gasteiger partial charge is 0.480 e. The van der Waals surface area contributed by atoms with Crippen LogP contribution in [0.15, 0.2) is 52.8 Å². The van der Waals surface area contributed by atoms with Gasteiger partial charge in [-0.3, -0.25) is 4.79 Å². The first-order valence-corrected chi connectivity index (χ1v) is 11.5. The molecule has 2 aromatic rings. The third-order valence-corrected chi connectivity index (χ3v) is 6.87. The van der Waals surface area contributed by atoms with Gasteiger partial charge in [0.05, 0.1) is 12.2 Å². The summed E-state index contributed by atoms with van der Waals surface area (Å²) in [7, 11) is 0. The van der Waals surface area contributed by atoms with Crippen LogP contribution in [-0.4, -0.2) is 41.1 Å². The molecule has 1 atom stereocenters. The lowest BCUT2D eigenvalue weighted by Gasteiger charge is -2.33. The Morgan fingerprint density at radius 1 is 1.15 bits per heavy atom. The third kappa shape index (κ3) is 5.07. The van der Waals surface area contributed by atoms with Gasteiger partial charge in [-0.05, 0) is 55.2 Å². The van der Waals surface area contributed by atoms with Crippen LogP contribution in [-0.2, 0) is 27.1 Å². The molecule has 10 heteroatoms. The number of halogens is 3. The number of carboxylic acids is 1. The Labute approximate surface area is 198 Å². The molecule has 34 heavy (non-hydrogen) atoms. The molecule has 1 fully saturated rings. The summed E-state index contributed by atoms with van der Waals surface area (Å²) in [5.41, 5.74) is -0.210. The van der Waals surface area contributed by atoms with Gasteiger partial charge in [-0.1, -0.05) is 24.4 Å². The molecule has 4 rings (SSSR count). The van der Waals surface area contributed by atoms with E-state index in [2.05, 4.69) is 6.58 Å². The summed E-state index contributed by atoms with van der Waals surface area (Å²) in [6.07, 6.45) is -2.48. The second-order valence-corrected chi connectivity index (χ2v) is 9.18. The van der Waals surface area contributed by atoms with Crippen molar-refractivity contribution in [3.05, 3.63) is 59.7 Å². The minimum atomic E-state index is -4.67. The number of piperidine rings is 1. The maximum atomic E-state index is 13.9. The summed E-state index contributed by atoms with van der Waals surface area (Å²) in [4.78, 5) is 36.2. The van der Waals surface area contributed by atoms with Crippen molar-refractivity contribution in [3.8, 4) is 5.75 Å². The van der Waals surface area contributed by atoms with E-state index in [1.165, 1.54) is 17.0 Å². The number of hydrogen-bond donors (Lipinski definition) is 1. The summed E-state index contributed by atoms with van der Waals surface area (Å²) < 4.78 is 41.8. The first-order valence-electron chi connectivity index (χ1n) is 10.7. The zero-order valence-corrected chi connectivity index (χ0v) is 18.9. The minimum absolute atomic E-state index is 0.00683. The fourth-order valence-corrected chi connectivity index (χ4v) is 5.05. The Morgan fingerprint density at radius 2 is 1.94 bits per heavy atom. The van der Waals surface area contributed by atoms with Crippen LogP contribution in [0, 0.1) is 0 Å². The first-order chi connectivity index (χ1) is 16.1. The number of alkyl halides is 3. The minimum Gasteiger partial charge on any atom is -0.480 e. The average Bonchev–Trinajstić information content (AvgIpc) is 2.82. The highest BCUT2D eigenvalue weighted by molar-refractivity contribution is 7.99. The van der Waals surface area contributed by atoms with Gasteiger partial charge >= 0.3 is 12.1 Å². The lowest BCUT2D eigenvalue weighted by Crippen LogP contribution is -2.48. The number of benzene rings is 2. The molecule has 0 spiro atoms. The molecular formula is C24H22F3NO5S. The molecule has 6 nitrogen and oxygen atoms in total. The van der Waals surface area contributed by atoms with E-state index in [1.807, 2.05) is 0 Å². The highest BCUT2D eigenvalue weighted by Crippen LogP contribution is 2.42. The van der Waals surface area contributed by atoms with Crippen molar-refractivity contribution in [2.75, 3.05) is 13.2 Å². The Balaban J connectivity index is 1.61. The van der Waals surface area contributed by atoms with E-state index in [4.69, 9.17) is 9.78 Å². The van der Waals surface area contributed by atoms with Gasteiger partial charge in [0.2, 0.25) is 0 Å². The van der Waals surface area contributed by atoms with E-state index in [0.29, 0.717) is 42.9 Å². The predicted molar refractivity (Wildman–Crippen MR) is 118 cm³/mol. The van der Waals surface area contributed by atoms with E-state index in [0.717, 1.165) is 23.4 Å². The number of aliphatic carboxylic acids is 1. The van der Waals surface area contributed by atoms with Crippen LogP contribution in [0.3, 0.4) is 0 Å². The summed E-state index contributed by atoms with van der Waals surface area (Å²) in [6.45, 7) is 4.28. The van der Waals surface area contributed by atoms with Crippen LogP contribution < -0.4 is 4.89 Å². The van der Waals surface area contributed by atoms with E-state index >= 15 is 0 Å². The van der Waals surface area contributed by atoms with Gasteiger partial charge in [-0.2, -0.15) is 18.1 Å². The molecule has 2 aliphatic heterocycles. The van der Waals surface area contributed by atoms with E-state index in [9.17, 15) is 27.9 Å².